The van der Waals surface area contributed by atoms with Crippen molar-refractivity contribution >= 4 is 5.78 Å². The van der Waals surface area contributed by atoms with Crippen LogP contribution in [0.1, 0.15) is 50.2 Å². The number of carbonyl (C=O) groups excluding carboxylic acids is 1. The van der Waals surface area contributed by atoms with Crippen LogP contribution in [0.4, 0.5) is 0 Å². The van der Waals surface area contributed by atoms with Crippen LogP contribution in [0, 0.1) is 11.3 Å². The van der Waals surface area contributed by atoms with Crippen LogP contribution in [-0.2, 0) is 11.3 Å². The molecule has 0 bridgehead atoms. The molecule has 0 aliphatic rings. The molecule has 0 amide bonds. The van der Waals surface area contributed by atoms with Crippen molar-refractivity contribution in [1.29, 1.82) is 5.26 Å². The van der Waals surface area contributed by atoms with Crippen LogP contribution in [-0.4, -0.2) is 5.78 Å². The topological polar surface area (TPSA) is 66.9 Å². The van der Waals surface area contributed by atoms with Crippen molar-refractivity contribution < 1.29 is 4.79 Å². The highest BCUT2D eigenvalue weighted by atomic mass is 16.1. The summed E-state index contributed by atoms with van der Waals surface area (Å²) in [5, 5.41) is 9.01. The molecule has 2 rings (SSSR count). The van der Waals surface area contributed by atoms with Gasteiger partial charge < -0.3 is 5.73 Å². The molecule has 0 aromatic heterocycles. The van der Waals surface area contributed by atoms with Gasteiger partial charge in [-0.25, -0.2) is 0 Å². The molecule has 26 heavy (non-hydrogen) atoms. The van der Waals surface area contributed by atoms with Gasteiger partial charge in [0.15, 0.2) is 0 Å². The normalized spacial score (nSPS) is 9.58. The van der Waals surface area contributed by atoms with Crippen molar-refractivity contribution in [3.8, 4) is 17.2 Å². The summed E-state index contributed by atoms with van der Waals surface area (Å²) in [5.41, 5.74) is 9.35. The SMILES string of the molecule is C=CCC(=O)CCCCC.N#Cc1ccccc1-c1ccc(CN)cc1. The number of hydrogen-bond acceptors (Lipinski definition) is 3. The van der Waals surface area contributed by atoms with Crippen LogP contribution >= 0.6 is 0 Å². The average molecular weight is 348 g/mol. The van der Waals surface area contributed by atoms with E-state index in [9.17, 15) is 4.79 Å². The van der Waals surface area contributed by atoms with Gasteiger partial charge in [0.2, 0.25) is 0 Å². The Bertz CT molecular complexity index is 727. The summed E-state index contributed by atoms with van der Waals surface area (Å²) >= 11 is 0. The number of hydrogen-bond donors (Lipinski definition) is 1. The van der Waals surface area contributed by atoms with Gasteiger partial charge in [0.25, 0.3) is 0 Å². The van der Waals surface area contributed by atoms with Crippen LogP contribution < -0.4 is 5.73 Å². The number of nitrogens with zero attached hydrogens (tertiary/aromatic N) is 1. The zero-order chi connectivity index (χ0) is 19.2. The molecule has 0 spiro atoms. The third kappa shape index (κ3) is 7.46. The molecular weight excluding hydrogens is 320 g/mol. The lowest BCUT2D eigenvalue weighted by molar-refractivity contribution is -0.118. The molecule has 0 aliphatic heterocycles. The van der Waals surface area contributed by atoms with Gasteiger partial charge in [0.05, 0.1) is 11.6 Å². The molecule has 2 aromatic rings. The molecule has 136 valence electrons. The fraction of sp³-hybridized carbons (Fsp3) is 0.304. The molecule has 2 N–H and O–H groups in total. The number of benzene rings is 2. The van der Waals surface area contributed by atoms with E-state index in [-0.39, 0.29) is 0 Å². The fourth-order valence-electron chi connectivity index (χ4n) is 2.49. The van der Waals surface area contributed by atoms with Crippen molar-refractivity contribution in [2.75, 3.05) is 0 Å². The molecule has 3 nitrogen and oxygen atoms in total. The maximum atomic E-state index is 10.8. The Hall–Kier alpha value is -2.70. The van der Waals surface area contributed by atoms with E-state index in [1.807, 2.05) is 48.5 Å². The fourth-order valence-corrected chi connectivity index (χ4v) is 2.49. The maximum absolute atomic E-state index is 10.8. The van der Waals surface area contributed by atoms with Crippen molar-refractivity contribution in [2.24, 2.45) is 5.73 Å². The largest absolute Gasteiger partial charge is 0.326 e. The highest BCUT2D eigenvalue weighted by molar-refractivity contribution is 5.79. The second kappa shape index (κ2) is 12.6. The Labute approximate surface area is 157 Å². The van der Waals surface area contributed by atoms with Gasteiger partial charge in [-0.05, 0) is 29.2 Å². The Morgan fingerprint density at radius 2 is 1.85 bits per heavy atom. The van der Waals surface area contributed by atoms with Gasteiger partial charge in [0, 0.05) is 19.4 Å². The summed E-state index contributed by atoms with van der Waals surface area (Å²) < 4.78 is 0. The van der Waals surface area contributed by atoms with Gasteiger partial charge in [0.1, 0.15) is 5.78 Å². The minimum atomic E-state index is 0.323. The quantitative estimate of drug-likeness (QED) is 0.513. The molecule has 0 aliphatic carbocycles. The second-order valence-electron chi connectivity index (χ2n) is 6.05. The van der Waals surface area contributed by atoms with E-state index in [1.165, 1.54) is 12.8 Å². The summed E-state index contributed by atoms with van der Waals surface area (Å²) in [6, 6.07) is 17.8. The molecule has 2 aromatic carbocycles. The van der Waals surface area contributed by atoms with Gasteiger partial charge >= 0.3 is 0 Å². The predicted molar refractivity (Wildman–Crippen MR) is 108 cm³/mol. The molecule has 0 saturated carbocycles. The molecule has 0 unspecified atom stereocenters. The lowest BCUT2D eigenvalue weighted by Crippen LogP contribution is -1.95. The first kappa shape index (κ1) is 21.3. The Morgan fingerprint density at radius 1 is 1.15 bits per heavy atom. The summed E-state index contributed by atoms with van der Waals surface area (Å²) in [7, 11) is 0. The number of nitrogens with two attached hydrogens (primary N) is 1. The molecule has 0 saturated heterocycles. The predicted octanol–water partition coefficient (Wildman–Crippen LogP) is 5.40. The zero-order valence-corrected chi connectivity index (χ0v) is 15.6. The zero-order valence-electron chi connectivity index (χ0n) is 15.6. The number of ketones is 1. The van der Waals surface area contributed by atoms with E-state index in [0.717, 1.165) is 29.5 Å². The van der Waals surface area contributed by atoms with Crippen LogP contribution in [0.3, 0.4) is 0 Å². The molecular formula is C23H28N2O. The third-order valence-electron chi connectivity index (χ3n) is 3.98. The Morgan fingerprint density at radius 3 is 2.42 bits per heavy atom. The Balaban J connectivity index is 0.000000294. The number of Topliss-reactive ketones (excluding diaryl/α,β-unsaturated/α-hetero) is 1. The van der Waals surface area contributed by atoms with Gasteiger partial charge in [-0.15, -0.1) is 6.58 Å². The second-order valence-corrected chi connectivity index (χ2v) is 6.05. The molecule has 0 heterocycles. The van der Waals surface area contributed by atoms with E-state index < -0.39 is 0 Å². The first-order chi connectivity index (χ1) is 12.7. The van der Waals surface area contributed by atoms with Gasteiger partial charge in [-0.1, -0.05) is 68.3 Å². The molecule has 3 heteroatoms. The smallest absolute Gasteiger partial charge is 0.136 e. The average Bonchev–Trinajstić information content (AvgIpc) is 2.69. The number of allylic oxidation sites excluding steroid dienone is 1. The van der Waals surface area contributed by atoms with Gasteiger partial charge in [-0.2, -0.15) is 5.26 Å². The van der Waals surface area contributed by atoms with E-state index in [2.05, 4.69) is 19.6 Å². The maximum Gasteiger partial charge on any atom is 0.136 e. The third-order valence-corrected chi connectivity index (χ3v) is 3.98. The van der Waals surface area contributed by atoms with Crippen LogP contribution in [0.2, 0.25) is 0 Å². The van der Waals surface area contributed by atoms with E-state index in [0.29, 0.717) is 24.3 Å². The number of carbonyl (C=O) groups is 1. The summed E-state index contributed by atoms with van der Waals surface area (Å²) in [5.74, 6) is 0.323. The number of nitriles is 1. The van der Waals surface area contributed by atoms with Crippen molar-refractivity contribution in [3.05, 3.63) is 72.3 Å². The van der Waals surface area contributed by atoms with Gasteiger partial charge in [-0.3, -0.25) is 4.79 Å². The highest BCUT2D eigenvalue weighted by Gasteiger charge is 2.03. The monoisotopic (exact) mass is 348 g/mol. The first-order valence-corrected chi connectivity index (χ1v) is 9.07. The van der Waals surface area contributed by atoms with Crippen LogP contribution in [0.5, 0.6) is 0 Å². The van der Waals surface area contributed by atoms with Crippen molar-refractivity contribution in [3.63, 3.8) is 0 Å². The minimum Gasteiger partial charge on any atom is -0.326 e. The minimum absolute atomic E-state index is 0.323. The van der Waals surface area contributed by atoms with Crippen LogP contribution in [0.15, 0.2) is 61.2 Å². The van der Waals surface area contributed by atoms with Crippen molar-refractivity contribution in [1.82, 2.24) is 0 Å². The Kier molecular flexibility index (Phi) is 10.4. The van der Waals surface area contributed by atoms with E-state index >= 15 is 0 Å². The highest BCUT2D eigenvalue weighted by Crippen LogP contribution is 2.23. The summed E-state index contributed by atoms with van der Waals surface area (Å²) in [4.78, 5) is 10.8. The number of rotatable bonds is 8. The summed E-state index contributed by atoms with van der Waals surface area (Å²) in [6.45, 7) is 6.19. The summed E-state index contributed by atoms with van der Waals surface area (Å²) in [6.07, 6.45) is 6.35. The lowest BCUT2D eigenvalue weighted by atomic mass is 9.99. The van der Waals surface area contributed by atoms with Crippen molar-refractivity contribution in [2.45, 2.75) is 45.6 Å². The molecule has 0 fully saturated rings. The van der Waals surface area contributed by atoms with Crippen LogP contribution in [0.25, 0.3) is 11.1 Å². The standard InChI is InChI=1S/C14H12N2.C9H16O/c15-9-11-5-7-12(8-6-11)14-4-2-1-3-13(14)10-16;1-3-5-6-8-9(10)7-4-2/h1-8H,9,15H2;4H,2-3,5-8H2,1H3. The first-order valence-electron chi connectivity index (χ1n) is 9.07. The molecule has 0 radical (unpaired) electrons. The lowest BCUT2D eigenvalue weighted by Gasteiger charge is -2.04. The van der Waals surface area contributed by atoms with E-state index in [1.54, 1.807) is 6.08 Å². The van der Waals surface area contributed by atoms with E-state index in [4.69, 9.17) is 11.0 Å². The molecule has 0 atom stereocenters. The number of unbranched alkanes of at least 4 members (excludes halogenated alkanes) is 2.